The van der Waals surface area contributed by atoms with Crippen LogP contribution < -0.4 is 10.6 Å². The van der Waals surface area contributed by atoms with Gasteiger partial charge in [0.05, 0.1) is 6.54 Å². The highest BCUT2D eigenvalue weighted by molar-refractivity contribution is 6.31. The second-order valence-corrected chi connectivity index (χ2v) is 6.86. The predicted octanol–water partition coefficient (Wildman–Crippen LogP) is 2.76. The van der Waals surface area contributed by atoms with E-state index in [0.29, 0.717) is 15.9 Å². The number of benzene rings is 1. The van der Waals surface area contributed by atoms with Crippen LogP contribution in [0.1, 0.15) is 27.9 Å². The Morgan fingerprint density at radius 3 is 2.46 bits per heavy atom. The van der Waals surface area contributed by atoms with Gasteiger partial charge in [-0.2, -0.15) is 0 Å². The van der Waals surface area contributed by atoms with Crippen LogP contribution in [0, 0.1) is 0 Å². The molecule has 3 rings (SSSR count). The van der Waals surface area contributed by atoms with Crippen LogP contribution in [-0.4, -0.2) is 32.9 Å². The first-order chi connectivity index (χ1) is 13.4. The third kappa shape index (κ3) is 4.88. The van der Waals surface area contributed by atoms with Gasteiger partial charge in [0.2, 0.25) is 5.91 Å². The van der Waals surface area contributed by atoms with E-state index in [0.717, 1.165) is 5.56 Å². The van der Waals surface area contributed by atoms with Gasteiger partial charge in [0.25, 0.3) is 5.91 Å². The Morgan fingerprint density at radius 2 is 1.82 bits per heavy atom. The zero-order valence-electron chi connectivity index (χ0n) is 14.9. The van der Waals surface area contributed by atoms with E-state index in [-0.39, 0.29) is 18.1 Å². The second-order valence-electron chi connectivity index (χ2n) is 5.99. The van der Waals surface area contributed by atoms with Gasteiger partial charge in [-0.05, 0) is 29.8 Å². The van der Waals surface area contributed by atoms with Gasteiger partial charge < -0.3 is 15.2 Å². The number of hydrogen-bond donors (Lipinski definition) is 2. The van der Waals surface area contributed by atoms with Gasteiger partial charge in [-0.25, -0.2) is 4.98 Å². The quantitative estimate of drug-likeness (QED) is 0.645. The number of hydrogen-bond acceptors (Lipinski definition) is 4. The van der Waals surface area contributed by atoms with E-state index in [9.17, 15) is 9.59 Å². The van der Waals surface area contributed by atoms with Crippen molar-refractivity contribution in [2.24, 2.45) is 7.05 Å². The van der Waals surface area contributed by atoms with Gasteiger partial charge in [-0.15, -0.1) is 0 Å². The normalized spacial score (nSPS) is 11.7. The minimum atomic E-state index is -0.494. The van der Waals surface area contributed by atoms with Crippen LogP contribution in [0.15, 0.2) is 55.0 Å². The standard InChI is InChI=1S/C19H17Cl2N5O2/c1-26-9-8-23-18(26)17(12-2-4-13(20)5-3-12)25-16(27)11-24-19(28)15-10-14(21)6-7-22-15/h2-10,17H,11H2,1H3,(H,24,28)(H,25,27). The summed E-state index contributed by atoms with van der Waals surface area (Å²) in [6.45, 7) is -0.221. The van der Waals surface area contributed by atoms with E-state index in [4.69, 9.17) is 23.2 Å². The van der Waals surface area contributed by atoms with Crippen LogP contribution in [0.2, 0.25) is 10.0 Å². The summed E-state index contributed by atoms with van der Waals surface area (Å²) in [5.74, 6) is -0.213. The number of aromatic nitrogens is 3. The smallest absolute Gasteiger partial charge is 0.270 e. The molecule has 0 saturated heterocycles. The van der Waals surface area contributed by atoms with Crippen LogP contribution in [0.5, 0.6) is 0 Å². The summed E-state index contributed by atoms with van der Waals surface area (Å²) >= 11 is 11.8. The van der Waals surface area contributed by atoms with Gasteiger partial charge in [0.1, 0.15) is 17.6 Å². The lowest BCUT2D eigenvalue weighted by molar-refractivity contribution is -0.120. The molecule has 144 valence electrons. The Hall–Kier alpha value is -2.90. The molecular formula is C19H17Cl2N5O2. The van der Waals surface area contributed by atoms with Gasteiger partial charge in [0.15, 0.2) is 0 Å². The molecule has 1 atom stereocenters. The molecule has 0 saturated carbocycles. The number of pyridine rings is 1. The molecule has 1 aromatic carbocycles. The van der Waals surface area contributed by atoms with E-state index in [1.807, 2.05) is 23.7 Å². The van der Waals surface area contributed by atoms with Crippen LogP contribution in [-0.2, 0) is 11.8 Å². The summed E-state index contributed by atoms with van der Waals surface area (Å²) in [6.07, 6.45) is 4.86. The van der Waals surface area contributed by atoms with Crippen LogP contribution >= 0.6 is 23.2 Å². The van der Waals surface area contributed by atoms with E-state index < -0.39 is 11.9 Å². The van der Waals surface area contributed by atoms with Crippen LogP contribution in [0.25, 0.3) is 0 Å². The Bertz CT molecular complexity index is 988. The maximum Gasteiger partial charge on any atom is 0.270 e. The number of amides is 2. The molecule has 0 aliphatic carbocycles. The van der Waals surface area contributed by atoms with Crippen molar-refractivity contribution in [3.05, 3.63) is 82.1 Å². The largest absolute Gasteiger partial charge is 0.342 e. The minimum absolute atomic E-state index is 0.138. The average molecular weight is 418 g/mol. The molecule has 0 aliphatic heterocycles. The lowest BCUT2D eigenvalue weighted by atomic mass is 10.1. The lowest BCUT2D eigenvalue weighted by Crippen LogP contribution is -2.39. The molecule has 0 spiro atoms. The first-order valence-electron chi connectivity index (χ1n) is 8.36. The molecule has 2 amide bonds. The predicted molar refractivity (Wildman–Crippen MR) is 106 cm³/mol. The molecule has 0 fully saturated rings. The number of halogens is 2. The molecule has 1 unspecified atom stereocenters. The number of aryl methyl sites for hydroxylation is 1. The maximum absolute atomic E-state index is 12.5. The molecule has 9 heteroatoms. The van der Waals surface area contributed by atoms with Gasteiger partial charge in [-0.1, -0.05) is 35.3 Å². The maximum atomic E-state index is 12.5. The Labute approximate surface area is 171 Å². The molecule has 0 radical (unpaired) electrons. The van der Waals surface area contributed by atoms with Crippen molar-refractivity contribution in [2.45, 2.75) is 6.04 Å². The van der Waals surface area contributed by atoms with Crippen molar-refractivity contribution in [1.29, 1.82) is 0 Å². The fourth-order valence-electron chi connectivity index (χ4n) is 2.60. The summed E-state index contributed by atoms with van der Waals surface area (Å²) in [5.41, 5.74) is 0.952. The van der Waals surface area contributed by atoms with E-state index >= 15 is 0 Å². The zero-order valence-corrected chi connectivity index (χ0v) is 16.4. The lowest BCUT2D eigenvalue weighted by Gasteiger charge is -2.19. The third-order valence-electron chi connectivity index (χ3n) is 3.99. The highest BCUT2D eigenvalue weighted by atomic mass is 35.5. The monoisotopic (exact) mass is 417 g/mol. The Morgan fingerprint density at radius 1 is 1.07 bits per heavy atom. The number of nitrogens with zero attached hydrogens (tertiary/aromatic N) is 3. The first kappa shape index (κ1) is 19.9. The van der Waals surface area contributed by atoms with Crippen LogP contribution in [0.4, 0.5) is 0 Å². The highest BCUT2D eigenvalue weighted by Gasteiger charge is 2.21. The summed E-state index contributed by atoms with van der Waals surface area (Å²) in [6, 6.07) is 9.61. The summed E-state index contributed by atoms with van der Waals surface area (Å²) < 4.78 is 1.81. The zero-order chi connectivity index (χ0) is 20.1. The van der Waals surface area contributed by atoms with Gasteiger partial charge in [0, 0.05) is 35.7 Å². The minimum Gasteiger partial charge on any atom is -0.342 e. The van der Waals surface area contributed by atoms with Crippen molar-refractivity contribution >= 4 is 35.0 Å². The second kappa shape index (κ2) is 8.86. The molecule has 2 aromatic heterocycles. The topological polar surface area (TPSA) is 88.9 Å². The number of rotatable bonds is 6. The van der Waals surface area contributed by atoms with Crippen molar-refractivity contribution in [3.63, 3.8) is 0 Å². The molecule has 7 nitrogen and oxygen atoms in total. The number of carbonyl (C=O) groups is 2. The van der Waals surface area contributed by atoms with Crippen molar-refractivity contribution in [3.8, 4) is 0 Å². The Balaban J connectivity index is 1.70. The van der Waals surface area contributed by atoms with Crippen molar-refractivity contribution < 1.29 is 9.59 Å². The molecule has 3 aromatic rings. The highest BCUT2D eigenvalue weighted by Crippen LogP contribution is 2.22. The molecular weight excluding hydrogens is 401 g/mol. The fraction of sp³-hybridized carbons (Fsp3) is 0.158. The summed E-state index contributed by atoms with van der Waals surface area (Å²) in [4.78, 5) is 32.9. The fourth-order valence-corrected chi connectivity index (χ4v) is 2.89. The third-order valence-corrected chi connectivity index (χ3v) is 4.48. The van der Waals surface area contributed by atoms with Gasteiger partial charge in [-0.3, -0.25) is 14.6 Å². The van der Waals surface area contributed by atoms with Crippen LogP contribution in [0.3, 0.4) is 0 Å². The molecule has 2 N–H and O–H groups in total. The molecule has 0 aliphatic rings. The Kier molecular flexibility index (Phi) is 6.28. The SMILES string of the molecule is Cn1ccnc1C(NC(=O)CNC(=O)c1cc(Cl)ccn1)c1ccc(Cl)cc1. The van der Waals surface area contributed by atoms with Gasteiger partial charge >= 0.3 is 0 Å². The average Bonchev–Trinajstić information content (AvgIpc) is 3.10. The number of imidazole rings is 1. The molecule has 28 heavy (non-hydrogen) atoms. The molecule has 2 heterocycles. The number of carbonyl (C=O) groups excluding carboxylic acids is 2. The van der Waals surface area contributed by atoms with Crippen molar-refractivity contribution in [2.75, 3.05) is 6.54 Å². The number of nitrogens with one attached hydrogen (secondary N) is 2. The van der Waals surface area contributed by atoms with E-state index in [1.54, 1.807) is 30.6 Å². The van der Waals surface area contributed by atoms with Crippen molar-refractivity contribution in [1.82, 2.24) is 25.2 Å². The molecule has 0 bridgehead atoms. The van der Waals surface area contributed by atoms with E-state index in [2.05, 4.69) is 20.6 Å². The van der Waals surface area contributed by atoms with E-state index in [1.165, 1.54) is 12.3 Å². The first-order valence-corrected chi connectivity index (χ1v) is 9.11. The summed E-state index contributed by atoms with van der Waals surface area (Å²) in [5, 5.41) is 6.40. The summed E-state index contributed by atoms with van der Waals surface area (Å²) in [7, 11) is 1.84.